The molecule has 0 bridgehead atoms. The molecule has 1 aliphatic rings. The Hall–Kier alpha value is 0.390. The van der Waals surface area contributed by atoms with E-state index in [9.17, 15) is 8.42 Å². The molecule has 14 heavy (non-hydrogen) atoms. The van der Waals surface area contributed by atoms with Crippen molar-refractivity contribution in [3.05, 3.63) is 0 Å². The van der Waals surface area contributed by atoms with Gasteiger partial charge >= 0.3 is 0 Å². The highest BCUT2D eigenvalue weighted by atomic mass is 79.9. The average Bonchev–Trinajstić information content (AvgIpc) is 2.94. The molecule has 0 spiro atoms. The molecule has 0 aromatic carbocycles. The fourth-order valence-electron chi connectivity index (χ4n) is 1.35. The number of nitrogens with zero attached hydrogens (tertiary/aromatic N) is 1. The third-order valence-corrected chi connectivity index (χ3v) is 5.41. The van der Waals surface area contributed by atoms with Crippen molar-refractivity contribution in [1.29, 1.82) is 0 Å². The summed E-state index contributed by atoms with van der Waals surface area (Å²) in [7, 11) is -1.24. The lowest BCUT2D eigenvalue weighted by Gasteiger charge is -2.16. The van der Waals surface area contributed by atoms with Gasteiger partial charge < -0.3 is 0 Å². The van der Waals surface area contributed by atoms with Gasteiger partial charge in [0.15, 0.2) is 0 Å². The van der Waals surface area contributed by atoms with E-state index >= 15 is 0 Å². The van der Waals surface area contributed by atoms with Crippen LogP contribution in [0.1, 0.15) is 32.1 Å². The summed E-state index contributed by atoms with van der Waals surface area (Å²) < 4.78 is 24.9. The fraction of sp³-hybridized carbons (Fsp3) is 1.00. The molecule has 0 radical (unpaired) electrons. The minimum absolute atomic E-state index is 0.0660. The van der Waals surface area contributed by atoms with E-state index in [0.717, 1.165) is 37.4 Å². The normalized spacial score (nSPS) is 17.6. The van der Waals surface area contributed by atoms with Gasteiger partial charge in [-0.3, -0.25) is 0 Å². The summed E-state index contributed by atoms with van der Waals surface area (Å²) in [5, 5.41) is 0.940. The Labute approximate surface area is 95.0 Å². The van der Waals surface area contributed by atoms with Crippen LogP contribution in [0.5, 0.6) is 0 Å². The standard InChI is InChI=1S/C9H18BrNO2S/c1-11(8-4-2-3-7-10)14(12,13)9-5-6-9/h9H,2-8H2,1H3. The molecule has 0 aromatic heterocycles. The number of rotatable bonds is 7. The number of unbranched alkanes of at least 4 members (excludes halogenated alkanes) is 2. The summed E-state index contributed by atoms with van der Waals surface area (Å²) in [5.41, 5.74) is 0. The molecule has 0 N–H and O–H groups in total. The zero-order valence-corrected chi connectivity index (χ0v) is 11.0. The van der Waals surface area contributed by atoms with Gasteiger partial charge in [-0.2, -0.15) is 0 Å². The molecule has 0 unspecified atom stereocenters. The third-order valence-electron chi connectivity index (χ3n) is 2.49. The summed E-state index contributed by atoms with van der Waals surface area (Å²) in [6.45, 7) is 0.672. The summed E-state index contributed by atoms with van der Waals surface area (Å²) in [4.78, 5) is 0. The van der Waals surface area contributed by atoms with Gasteiger partial charge in [0.25, 0.3) is 0 Å². The molecule has 5 heteroatoms. The molecule has 0 heterocycles. The molecule has 0 amide bonds. The van der Waals surface area contributed by atoms with Gasteiger partial charge in [-0.05, 0) is 25.7 Å². The van der Waals surface area contributed by atoms with E-state index in [1.807, 2.05) is 0 Å². The fourth-order valence-corrected chi connectivity index (χ4v) is 3.37. The molecular formula is C9H18BrNO2S. The largest absolute Gasteiger partial charge is 0.216 e. The highest BCUT2D eigenvalue weighted by molar-refractivity contribution is 9.09. The topological polar surface area (TPSA) is 37.4 Å². The second-order valence-corrected chi connectivity index (χ2v) is 6.93. The SMILES string of the molecule is CN(CCCCCBr)S(=O)(=O)C1CC1. The molecule has 1 rings (SSSR count). The maximum absolute atomic E-state index is 11.7. The second kappa shape index (κ2) is 5.47. The molecule has 84 valence electrons. The summed E-state index contributed by atoms with van der Waals surface area (Å²) >= 11 is 3.36. The van der Waals surface area contributed by atoms with Gasteiger partial charge in [0.2, 0.25) is 10.0 Å². The Balaban J connectivity index is 2.23. The number of halogens is 1. The molecule has 1 fully saturated rings. The van der Waals surface area contributed by atoms with Gasteiger partial charge in [0, 0.05) is 18.9 Å². The number of alkyl halides is 1. The van der Waals surface area contributed by atoms with E-state index in [0.29, 0.717) is 6.54 Å². The summed E-state index contributed by atoms with van der Waals surface area (Å²) in [5.74, 6) is 0. The Morgan fingerprint density at radius 3 is 2.43 bits per heavy atom. The van der Waals surface area contributed by atoms with Crippen LogP contribution in [0.2, 0.25) is 0 Å². The first-order valence-electron chi connectivity index (χ1n) is 5.10. The zero-order chi connectivity index (χ0) is 10.6. The minimum atomic E-state index is -2.93. The van der Waals surface area contributed by atoms with Crippen molar-refractivity contribution in [2.24, 2.45) is 0 Å². The molecule has 3 nitrogen and oxygen atoms in total. The van der Waals surface area contributed by atoms with E-state index < -0.39 is 10.0 Å². The Morgan fingerprint density at radius 2 is 1.93 bits per heavy atom. The maximum atomic E-state index is 11.7. The number of hydrogen-bond donors (Lipinski definition) is 0. The molecule has 1 aliphatic carbocycles. The first-order chi connectivity index (χ1) is 6.59. The highest BCUT2D eigenvalue weighted by Crippen LogP contribution is 2.30. The maximum Gasteiger partial charge on any atom is 0.216 e. The van der Waals surface area contributed by atoms with E-state index in [1.54, 1.807) is 7.05 Å². The first kappa shape index (κ1) is 12.5. The quantitative estimate of drug-likeness (QED) is 0.529. The molecule has 0 saturated heterocycles. The van der Waals surface area contributed by atoms with E-state index in [-0.39, 0.29) is 5.25 Å². The number of sulfonamides is 1. The van der Waals surface area contributed by atoms with Crippen LogP contribution in [-0.2, 0) is 10.0 Å². The van der Waals surface area contributed by atoms with Crippen LogP contribution in [0.25, 0.3) is 0 Å². The first-order valence-corrected chi connectivity index (χ1v) is 7.72. The summed E-state index contributed by atoms with van der Waals surface area (Å²) in [6.07, 6.45) is 4.89. The van der Waals surface area contributed by atoms with Gasteiger partial charge in [0.05, 0.1) is 5.25 Å². The zero-order valence-electron chi connectivity index (χ0n) is 8.58. The smallest absolute Gasteiger partial charge is 0.212 e. The van der Waals surface area contributed by atoms with Crippen molar-refractivity contribution in [2.45, 2.75) is 37.4 Å². The van der Waals surface area contributed by atoms with Crippen LogP contribution in [0, 0.1) is 0 Å². The van der Waals surface area contributed by atoms with Gasteiger partial charge in [-0.15, -0.1) is 0 Å². The molecule has 0 aliphatic heterocycles. The predicted octanol–water partition coefficient (Wildman–Crippen LogP) is 1.98. The summed E-state index contributed by atoms with van der Waals surface area (Å²) in [6, 6.07) is 0. The Bertz CT molecular complexity index is 262. The monoisotopic (exact) mass is 283 g/mol. The van der Waals surface area contributed by atoms with Gasteiger partial charge in [-0.25, -0.2) is 12.7 Å². The van der Waals surface area contributed by atoms with Crippen LogP contribution in [-0.4, -0.2) is 36.9 Å². The second-order valence-electron chi connectivity index (χ2n) is 3.82. The number of hydrogen-bond acceptors (Lipinski definition) is 2. The minimum Gasteiger partial charge on any atom is -0.212 e. The van der Waals surface area contributed by atoms with Crippen LogP contribution < -0.4 is 0 Å². The van der Waals surface area contributed by atoms with E-state index in [2.05, 4.69) is 15.9 Å². The van der Waals surface area contributed by atoms with Crippen molar-refractivity contribution in [1.82, 2.24) is 4.31 Å². The van der Waals surface area contributed by atoms with Crippen molar-refractivity contribution in [3.8, 4) is 0 Å². The molecule has 1 saturated carbocycles. The molecular weight excluding hydrogens is 266 g/mol. The average molecular weight is 284 g/mol. The lowest BCUT2D eigenvalue weighted by atomic mass is 10.2. The van der Waals surface area contributed by atoms with Crippen LogP contribution in [0.3, 0.4) is 0 Å². The lowest BCUT2D eigenvalue weighted by molar-refractivity contribution is 0.453. The molecule has 0 atom stereocenters. The van der Waals surface area contributed by atoms with Crippen molar-refractivity contribution < 1.29 is 8.42 Å². The highest BCUT2D eigenvalue weighted by Gasteiger charge is 2.38. The Morgan fingerprint density at radius 1 is 1.29 bits per heavy atom. The Kier molecular flexibility index (Phi) is 4.87. The third kappa shape index (κ3) is 3.51. The van der Waals surface area contributed by atoms with Crippen molar-refractivity contribution in [3.63, 3.8) is 0 Å². The van der Waals surface area contributed by atoms with Crippen molar-refractivity contribution >= 4 is 26.0 Å². The van der Waals surface area contributed by atoms with Crippen LogP contribution in [0.15, 0.2) is 0 Å². The van der Waals surface area contributed by atoms with Crippen molar-refractivity contribution in [2.75, 3.05) is 18.9 Å². The predicted molar refractivity (Wildman–Crippen MR) is 62.2 cm³/mol. The van der Waals surface area contributed by atoms with E-state index in [4.69, 9.17) is 0 Å². The van der Waals surface area contributed by atoms with Gasteiger partial charge in [-0.1, -0.05) is 22.4 Å². The van der Waals surface area contributed by atoms with E-state index in [1.165, 1.54) is 4.31 Å². The molecule has 0 aromatic rings. The lowest BCUT2D eigenvalue weighted by Crippen LogP contribution is -2.30. The van der Waals surface area contributed by atoms with Crippen LogP contribution >= 0.6 is 15.9 Å². The van der Waals surface area contributed by atoms with Crippen LogP contribution in [0.4, 0.5) is 0 Å². The van der Waals surface area contributed by atoms with Gasteiger partial charge in [0.1, 0.15) is 0 Å².